The number of hydrogen-bond acceptors (Lipinski definition) is 5. The normalized spacial score (nSPS) is 15.6. The third kappa shape index (κ3) is 2.84. The number of piperazine rings is 1. The summed E-state index contributed by atoms with van der Waals surface area (Å²) in [5, 5.41) is 0. The van der Waals surface area contributed by atoms with Crippen LogP contribution in [0.3, 0.4) is 0 Å². The molecule has 3 heterocycles. The second kappa shape index (κ2) is 5.52. The Morgan fingerprint density at radius 3 is 2.11 bits per heavy atom. The largest absolute Gasteiger partial charge is 0.353 e. The molecule has 0 amide bonds. The smallest absolute Gasteiger partial charge is 0.132 e. The average molecular weight is 320 g/mol. The molecule has 0 spiro atoms. The van der Waals surface area contributed by atoms with Gasteiger partial charge in [-0.3, -0.25) is 0 Å². The summed E-state index contributed by atoms with van der Waals surface area (Å²) in [4.78, 5) is 17.2. The second-order valence-electron chi connectivity index (χ2n) is 4.38. The van der Waals surface area contributed by atoms with Crippen molar-refractivity contribution < 1.29 is 0 Å². The molecular weight excluding hydrogens is 306 g/mol. The molecule has 0 atom stereocenters. The summed E-state index contributed by atoms with van der Waals surface area (Å²) in [6.45, 7) is 3.82. The summed E-state index contributed by atoms with van der Waals surface area (Å²) in [5.74, 6) is 2.03. The second-order valence-corrected chi connectivity index (χ2v) is 5.29. The lowest BCUT2D eigenvalue weighted by Gasteiger charge is -2.35. The number of hydrogen-bond donors (Lipinski definition) is 0. The van der Waals surface area contributed by atoms with Crippen LogP contribution in [-0.4, -0.2) is 41.1 Å². The van der Waals surface area contributed by atoms with Crippen molar-refractivity contribution in [1.82, 2.24) is 15.0 Å². The van der Waals surface area contributed by atoms with Crippen molar-refractivity contribution in [2.45, 2.75) is 0 Å². The third-order valence-corrected chi connectivity index (χ3v) is 3.67. The maximum atomic E-state index is 4.43. The van der Waals surface area contributed by atoms with Crippen molar-refractivity contribution in [3.63, 3.8) is 0 Å². The van der Waals surface area contributed by atoms with E-state index in [1.807, 2.05) is 24.4 Å². The van der Waals surface area contributed by atoms with Gasteiger partial charge in [-0.25, -0.2) is 15.0 Å². The third-order valence-electron chi connectivity index (χ3n) is 3.21. The van der Waals surface area contributed by atoms with Gasteiger partial charge in [-0.2, -0.15) is 0 Å². The SMILES string of the molecule is Brc1ccc(N2CCN(c3ccncn3)CC2)nc1. The van der Waals surface area contributed by atoms with Crippen LogP contribution >= 0.6 is 15.9 Å². The van der Waals surface area contributed by atoms with Crippen LogP contribution in [0.1, 0.15) is 0 Å². The lowest BCUT2D eigenvalue weighted by molar-refractivity contribution is 0.641. The van der Waals surface area contributed by atoms with Gasteiger partial charge < -0.3 is 9.80 Å². The van der Waals surface area contributed by atoms with Gasteiger partial charge in [-0.15, -0.1) is 0 Å². The van der Waals surface area contributed by atoms with Crippen LogP contribution in [-0.2, 0) is 0 Å². The lowest BCUT2D eigenvalue weighted by Crippen LogP contribution is -2.47. The van der Waals surface area contributed by atoms with Gasteiger partial charge in [0.2, 0.25) is 0 Å². The van der Waals surface area contributed by atoms with E-state index in [0.29, 0.717) is 0 Å². The molecule has 0 unspecified atom stereocenters. The minimum atomic E-state index is 0.953. The molecule has 0 bridgehead atoms. The van der Waals surface area contributed by atoms with Gasteiger partial charge >= 0.3 is 0 Å². The molecular formula is C13H14BrN5. The maximum absolute atomic E-state index is 4.43. The molecule has 0 N–H and O–H groups in total. The first-order valence-electron chi connectivity index (χ1n) is 6.20. The highest BCUT2D eigenvalue weighted by Gasteiger charge is 2.18. The van der Waals surface area contributed by atoms with Crippen molar-refractivity contribution in [1.29, 1.82) is 0 Å². The zero-order valence-corrected chi connectivity index (χ0v) is 12.0. The van der Waals surface area contributed by atoms with E-state index in [1.165, 1.54) is 0 Å². The van der Waals surface area contributed by atoms with Crippen molar-refractivity contribution in [2.75, 3.05) is 36.0 Å². The van der Waals surface area contributed by atoms with Crippen molar-refractivity contribution in [3.8, 4) is 0 Å². The van der Waals surface area contributed by atoms with E-state index in [2.05, 4.69) is 40.7 Å². The molecule has 1 aliphatic rings. The molecule has 0 aromatic carbocycles. The zero-order valence-electron chi connectivity index (χ0n) is 10.4. The summed E-state index contributed by atoms with van der Waals surface area (Å²) in [6, 6.07) is 6.02. The number of pyridine rings is 1. The molecule has 19 heavy (non-hydrogen) atoms. The van der Waals surface area contributed by atoms with Crippen LogP contribution in [0.25, 0.3) is 0 Å². The van der Waals surface area contributed by atoms with E-state index in [0.717, 1.165) is 42.3 Å². The molecule has 5 nitrogen and oxygen atoms in total. The van der Waals surface area contributed by atoms with Crippen LogP contribution in [0.15, 0.2) is 41.4 Å². The van der Waals surface area contributed by atoms with Gasteiger partial charge in [-0.05, 0) is 34.1 Å². The Morgan fingerprint density at radius 1 is 0.895 bits per heavy atom. The number of halogens is 1. The Hall–Kier alpha value is -1.69. The van der Waals surface area contributed by atoms with Crippen LogP contribution in [0, 0.1) is 0 Å². The Labute approximate surface area is 120 Å². The van der Waals surface area contributed by atoms with E-state index in [1.54, 1.807) is 12.5 Å². The molecule has 0 saturated carbocycles. The van der Waals surface area contributed by atoms with Crippen LogP contribution in [0.4, 0.5) is 11.6 Å². The van der Waals surface area contributed by atoms with E-state index in [9.17, 15) is 0 Å². The topological polar surface area (TPSA) is 45.2 Å². The fraction of sp³-hybridized carbons (Fsp3) is 0.308. The van der Waals surface area contributed by atoms with Gasteiger partial charge in [0.25, 0.3) is 0 Å². The number of anilines is 2. The van der Waals surface area contributed by atoms with Gasteiger partial charge in [0.05, 0.1) is 0 Å². The summed E-state index contributed by atoms with van der Waals surface area (Å²) in [7, 11) is 0. The number of aromatic nitrogens is 3. The monoisotopic (exact) mass is 319 g/mol. The van der Waals surface area contributed by atoms with Crippen molar-refractivity contribution in [3.05, 3.63) is 41.4 Å². The van der Waals surface area contributed by atoms with Gasteiger partial charge in [-0.1, -0.05) is 0 Å². The average Bonchev–Trinajstić information content (AvgIpc) is 2.49. The highest BCUT2D eigenvalue weighted by molar-refractivity contribution is 9.10. The predicted octanol–water partition coefficient (Wildman–Crippen LogP) is 1.96. The summed E-state index contributed by atoms with van der Waals surface area (Å²) in [5.41, 5.74) is 0. The quantitative estimate of drug-likeness (QED) is 0.846. The molecule has 2 aromatic heterocycles. The Morgan fingerprint density at radius 2 is 1.58 bits per heavy atom. The minimum absolute atomic E-state index is 0.953. The molecule has 0 aliphatic carbocycles. The maximum Gasteiger partial charge on any atom is 0.132 e. The Kier molecular flexibility index (Phi) is 3.59. The Balaban J connectivity index is 1.65. The highest BCUT2D eigenvalue weighted by atomic mass is 79.9. The number of rotatable bonds is 2. The molecule has 3 rings (SSSR count). The van der Waals surface area contributed by atoms with Crippen LogP contribution in [0.2, 0.25) is 0 Å². The first kappa shape index (κ1) is 12.3. The highest BCUT2D eigenvalue weighted by Crippen LogP contribution is 2.18. The Bertz CT molecular complexity index is 522. The zero-order chi connectivity index (χ0) is 13.1. The fourth-order valence-electron chi connectivity index (χ4n) is 2.19. The predicted molar refractivity (Wildman–Crippen MR) is 78.4 cm³/mol. The van der Waals surface area contributed by atoms with Gasteiger partial charge in [0.15, 0.2) is 0 Å². The molecule has 6 heteroatoms. The minimum Gasteiger partial charge on any atom is -0.353 e. The molecule has 0 radical (unpaired) electrons. The van der Waals surface area contributed by atoms with Crippen molar-refractivity contribution >= 4 is 27.6 Å². The van der Waals surface area contributed by atoms with Gasteiger partial charge in [0, 0.05) is 43.0 Å². The summed E-state index contributed by atoms with van der Waals surface area (Å²) >= 11 is 3.41. The van der Waals surface area contributed by atoms with Crippen LogP contribution in [0.5, 0.6) is 0 Å². The first-order valence-corrected chi connectivity index (χ1v) is 7.00. The molecule has 1 fully saturated rings. The van der Waals surface area contributed by atoms with E-state index >= 15 is 0 Å². The molecule has 1 saturated heterocycles. The van der Waals surface area contributed by atoms with E-state index in [4.69, 9.17) is 0 Å². The molecule has 1 aliphatic heterocycles. The fourth-order valence-corrected chi connectivity index (χ4v) is 2.43. The molecule has 2 aromatic rings. The summed E-state index contributed by atoms with van der Waals surface area (Å²) in [6.07, 6.45) is 5.22. The van der Waals surface area contributed by atoms with Crippen LogP contribution < -0.4 is 9.80 Å². The molecule has 98 valence electrons. The number of nitrogens with zero attached hydrogens (tertiary/aromatic N) is 5. The standard InChI is InChI=1S/C13H14BrN5/c14-11-1-2-12(16-9-11)18-5-7-19(8-6-18)13-3-4-15-10-17-13/h1-4,9-10H,5-8H2. The van der Waals surface area contributed by atoms with Crippen molar-refractivity contribution in [2.24, 2.45) is 0 Å². The lowest BCUT2D eigenvalue weighted by atomic mass is 10.3. The van der Waals surface area contributed by atoms with E-state index < -0.39 is 0 Å². The van der Waals surface area contributed by atoms with E-state index in [-0.39, 0.29) is 0 Å². The van der Waals surface area contributed by atoms with Gasteiger partial charge in [0.1, 0.15) is 18.0 Å². The first-order chi connectivity index (χ1) is 9.33. The summed E-state index contributed by atoms with van der Waals surface area (Å²) < 4.78 is 1.01.